The van der Waals surface area contributed by atoms with Crippen LogP contribution in [0.15, 0.2) is 67.3 Å². The molecule has 0 bridgehead atoms. The molecule has 0 fully saturated rings. The highest BCUT2D eigenvalue weighted by Gasteiger charge is 2.19. The highest BCUT2D eigenvalue weighted by atomic mass is 16.5. The topological polar surface area (TPSA) is 59.5 Å². The average molecular weight is 346 g/mol. The Labute approximate surface area is 151 Å². The number of carbonyl (C=O) groups is 2. The second-order valence-corrected chi connectivity index (χ2v) is 5.69. The van der Waals surface area contributed by atoms with Gasteiger partial charge in [0, 0.05) is 5.39 Å². The fourth-order valence-corrected chi connectivity index (χ4v) is 2.72. The van der Waals surface area contributed by atoms with Crippen LogP contribution in [0.1, 0.15) is 15.9 Å². The maximum absolute atomic E-state index is 12.5. The highest BCUT2D eigenvalue weighted by molar-refractivity contribution is 6.04. The zero-order valence-corrected chi connectivity index (χ0v) is 14.4. The van der Waals surface area contributed by atoms with Crippen molar-refractivity contribution in [2.24, 2.45) is 0 Å². The molecule has 0 atom stereocenters. The third kappa shape index (κ3) is 3.47. The molecule has 26 heavy (non-hydrogen) atoms. The van der Waals surface area contributed by atoms with Gasteiger partial charge in [-0.15, -0.1) is 0 Å². The summed E-state index contributed by atoms with van der Waals surface area (Å²) in [5.41, 5.74) is 1.93. The number of benzene rings is 2. The normalized spacial score (nSPS) is 10.3. The van der Waals surface area contributed by atoms with Crippen molar-refractivity contribution in [1.29, 1.82) is 0 Å². The van der Waals surface area contributed by atoms with Crippen LogP contribution >= 0.6 is 0 Å². The number of hydrogen-bond donors (Lipinski definition) is 0. The number of hydrogen-bond acceptors (Lipinski definition) is 4. The molecule has 2 aromatic carbocycles. The molecule has 0 saturated heterocycles. The maximum Gasteiger partial charge on any atom is 0.251 e. The van der Waals surface area contributed by atoms with Crippen molar-refractivity contribution < 1.29 is 14.3 Å². The van der Waals surface area contributed by atoms with Gasteiger partial charge in [0.1, 0.15) is 11.6 Å². The first-order valence-corrected chi connectivity index (χ1v) is 8.08. The van der Waals surface area contributed by atoms with Gasteiger partial charge in [0.05, 0.1) is 24.7 Å². The number of amides is 1. The third-order valence-electron chi connectivity index (χ3n) is 4.04. The predicted octanol–water partition coefficient (Wildman–Crippen LogP) is 3.78. The minimum Gasteiger partial charge on any atom is -0.497 e. The summed E-state index contributed by atoms with van der Waals surface area (Å²) in [5, 5.41) is 0.765. The summed E-state index contributed by atoms with van der Waals surface area (Å²) < 4.78 is 5.21. The van der Waals surface area contributed by atoms with E-state index in [-0.39, 0.29) is 5.91 Å². The number of nitrogens with zero attached hydrogens (tertiary/aromatic N) is 2. The lowest BCUT2D eigenvalue weighted by Crippen LogP contribution is -2.30. The molecule has 0 radical (unpaired) electrons. The van der Waals surface area contributed by atoms with Crippen molar-refractivity contribution >= 4 is 28.9 Å². The van der Waals surface area contributed by atoms with E-state index >= 15 is 0 Å². The van der Waals surface area contributed by atoms with Gasteiger partial charge >= 0.3 is 0 Å². The van der Waals surface area contributed by atoms with Crippen LogP contribution in [0.5, 0.6) is 5.75 Å². The number of methoxy groups -OCH3 is 1. The van der Waals surface area contributed by atoms with Crippen LogP contribution in [0.2, 0.25) is 0 Å². The first kappa shape index (κ1) is 17.4. The van der Waals surface area contributed by atoms with E-state index in [0.717, 1.165) is 10.9 Å². The fourth-order valence-electron chi connectivity index (χ4n) is 2.72. The SMILES string of the molecule is C=CC(=O)N(Cc1ccccc1)c1nc2ccc(OC)cc2cc1C=O. The molecular formula is C21H18N2O3. The molecule has 0 unspecified atom stereocenters. The number of aldehydes is 1. The van der Waals surface area contributed by atoms with Crippen molar-refractivity contribution in [2.45, 2.75) is 6.54 Å². The summed E-state index contributed by atoms with van der Waals surface area (Å²) in [5.74, 6) is 0.663. The van der Waals surface area contributed by atoms with Gasteiger partial charge in [-0.1, -0.05) is 36.9 Å². The van der Waals surface area contributed by atoms with Crippen LogP contribution < -0.4 is 9.64 Å². The zero-order valence-electron chi connectivity index (χ0n) is 14.4. The molecule has 3 aromatic rings. The van der Waals surface area contributed by atoms with E-state index < -0.39 is 0 Å². The van der Waals surface area contributed by atoms with Gasteiger partial charge in [-0.3, -0.25) is 14.5 Å². The Morgan fingerprint density at radius 1 is 1.19 bits per heavy atom. The van der Waals surface area contributed by atoms with E-state index in [2.05, 4.69) is 11.6 Å². The molecule has 1 heterocycles. The highest BCUT2D eigenvalue weighted by Crippen LogP contribution is 2.27. The second kappa shape index (κ2) is 7.61. The summed E-state index contributed by atoms with van der Waals surface area (Å²) in [4.78, 5) is 30.1. The quantitative estimate of drug-likeness (QED) is 0.503. The molecule has 130 valence electrons. The summed E-state index contributed by atoms with van der Waals surface area (Å²) >= 11 is 0. The van der Waals surface area contributed by atoms with E-state index in [4.69, 9.17) is 4.74 Å². The lowest BCUT2D eigenvalue weighted by molar-refractivity contribution is -0.114. The molecular weight excluding hydrogens is 328 g/mol. The lowest BCUT2D eigenvalue weighted by Gasteiger charge is -2.22. The molecule has 0 spiro atoms. The van der Waals surface area contributed by atoms with Crippen molar-refractivity contribution in [3.05, 3.63) is 78.4 Å². The zero-order chi connectivity index (χ0) is 18.5. The Morgan fingerprint density at radius 2 is 1.96 bits per heavy atom. The Bertz CT molecular complexity index is 968. The minimum absolute atomic E-state index is 0.293. The van der Waals surface area contributed by atoms with Gasteiger partial charge in [-0.25, -0.2) is 4.98 Å². The molecule has 3 rings (SSSR count). The van der Waals surface area contributed by atoms with Crippen LogP contribution in [0.3, 0.4) is 0 Å². The van der Waals surface area contributed by atoms with Crippen LogP contribution in [-0.4, -0.2) is 24.3 Å². The molecule has 5 heteroatoms. The Balaban J connectivity index is 2.12. The molecule has 1 aromatic heterocycles. The minimum atomic E-state index is -0.322. The average Bonchev–Trinajstić information content (AvgIpc) is 2.70. The molecule has 0 N–H and O–H groups in total. The van der Waals surface area contributed by atoms with E-state index in [9.17, 15) is 9.59 Å². The molecule has 0 aliphatic carbocycles. The van der Waals surface area contributed by atoms with Crippen LogP contribution in [0.25, 0.3) is 10.9 Å². The van der Waals surface area contributed by atoms with Crippen molar-refractivity contribution in [3.8, 4) is 5.75 Å². The van der Waals surface area contributed by atoms with Crippen LogP contribution in [0, 0.1) is 0 Å². The molecule has 0 aliphatic heterocycles. The first-order valence-electron chi connectivity index (χ1n) is 8.08. The summed E-state index contributed by atoms with van der Waals surface area (Å²) in [6.07, 6.45) is 1.92. The number of anilines is 1. The van der Waals surface area contributed by atoms with Gasteiger partial charge in [-0.2, -0.15) is 0 Å². The molecule has 0 saturated carbocycles. The van der Waals surface area contributed by atoms with Crippen molar-refractivity contribution in [2.75, 3.05) is 12.0 Å². The number of pyridine rings is 1. The standard InChI is InChI=1S/C21H18N2O3/c1-3-20(25)23(13-15-7-5-4-6-8-15)21-17(14-24)11-16-12-18(26-2)9-10-19(16)22-21/h3-12,14H,1,13H2,2H3. The van der Waals surface area contributed by atoms with E-state index in [1.54, 1.807) is 31.4 Å². The van der Waals surface area contributed by atoms with Crippen molar-refractivity contribution in [1.82, 2.24) is 4.98 Å². The van der Waals surface area contributed by atoms with Crippen molar-refractivity contribution in [3.63, 3.8) is 0 Å². The predicted molar refractivity (Wildman–Crippen MR) is 102 cm³/mol. The van der Waals surface area contributed by atoms with Gasteiger partial charge in [0.25, 0.3) is 5.91 Å². The van der Waals surface area contributed by atoms with Crippen LogP contribution in [0.4, 0.5) is 5.82 Å². The fraction of sp³-hybridized carbons (Fsp3) is 0.0952. The van der Waals surface area contributed by atoms with Gasteiger partial charge < -0.3 is 4.74 Å². The van der Waals surface area contributed by atoms with E-state index in [0.29, 0.717) is 35.5 Å². The van der Waals surface area contributed by atoms with Gasteiger partial charge in [-0.05, 0) is 35.9 Å². The van der Waals surface area contributed by atoms with E-state index in [1.807, 2.05) is 30.3 Å². The van der Waals surface area contributed by atoms with Gasteiger partial charge in [0.15, 0.2) is 6.29 Å². The summed E-state index contributed by atoms with van der Waals surface area (Å²) in [6, 6.07) is 16.6. The summed E-state index contributed by atoms with van der Waals surface area (Å²) in [7, 11) is 1.58. The molecule has 0 aliphatic rings. The number of ether oxygens (including phenoxy) is 1. The lowest BCUT2D eigenvalue weighted by atomic mass is 10.1. The second-order valence-electron chi connectivity index (χ2n) is 5.69. The number of fused-ring (bicyclic) bond motifs is 1. The Kier molecular flexibility index (Phi) is 5.08. The Morgan fingerprint density at radius 3 is 2.62 bits per heavy atom. The number of aromatic nitrogens is 1. The van der Waals surface area contributed by atoms with Gasteiger partial charge in [0.2, 0.25) is 0 Å². The summed E-state index contributed by atoms with van der Waals surface area (Å²) in [6.45, 7) is 3.86. The molecule has 1 amide bonds. The smallest absolute Gasteiger partial charge is 0.251 e. The van der Waals surface area contributed by atoms with E-state index in [1.165, 1.54) is 11.0 Å². The first-order chi connectivity index (χ1) is 12.7. The number of rotatable bonds is 6. The maximum atomic E-state index is 12.5. The Hall–Kier alpha value is -3.47. The number of carbonyl (C=O) groups excluding carboxylic acids is 2. The third-order valence-corrected chi connectivity index (χ3v) is 4.04. The monoisotopic (exact) mass is 346 g/mol. The van der Waals surface area contributed by atoms with Crippen LogP contribution in [-0.2, 0) is 11.3 Å². The largest absolute Gasteiger partial charge is 0.497 e. The molecule has 5 nitrogen and oxygen atoms in total.